The van der Waals surface area contributed by atoms with E-state index in [0.717, 1.165) is 25.7 Å². The summed E-state index contributed by atoms with van der Waals surface area (Å²) in [5.74, 6) is 0.776. The largest absolute Gasteiger partial charge is 0.354 e. The molecule has 150 valence electrons. The van der Waals surface area contributed by atoms with Gasteiger partial charge < -0.3 is 15.5 Å². The number of aliphatic imine (C=N–C) groups is 1. The third kappa shape index (κ3) is 6.12. The van der Waals surface area contributed by atoms with E-state index in [4.69, 9.17) is 0 Å². The van der Waals surface area contributed by atoms with Crippen LogP contribution in [0.3, 0.4) is 0 Å². The number of guanidine groups is 1. The Balaban J connectivity index is 1.93. The van der Waals surface area contributed by atoms with Crippen LogP contribution in [0.2, 0.25) is 0 Å². The molecule has 0 aromatic carbocycles. The summed E-state index contributed by atoms with van der Waals surface area (Å²) >= 11 is 0. The van der Waals surface area contributed by atoms with Crippen molar-refractivity contribution in [2.75, 3.05) is 39.5 Å². The summed E-state index contributed by atoms with van der Waals surface area (Å²) in [7, 11) is 0.330. The Hall–Kier alpha value is -1.35. The van der Waals surface area contributed by atoms with Gasteiger partial charge in [-0.05, 0) is 32.6 Å². The van der Waals surface area contributed by atoms with Crippen molar-refractivity contribution in [3.8, 4) is 0 Å². The maximum Gasteiger partial charge on any atom is 0.243 e. The smallest absolute Gasteiger partial charge is 0.243 e. The highest BCUT2D eigenvalue weighted by Gasteiger charge is 2.27. The van der Waals surface area contributed by atoms with Crippen molar-refractivity contribution in [2.45, 2.75) is 57.5 Å². The molecule has 2 N–H and O–H groups in total. The summed E-state index contributed by atoms with van der Waals surface area (Å²) < 4.78 is 25.5. The monoisotopic (exact) mass is 387 g/mol. The van der Waals surface area contributed by atoms with Crippen LogP contribution < -0.4 is 10.6 Å². The van der Waals surface area contributed by atoms with Gasteiger partial charge in [-0.1, -0.05) is 12.8 Å². The molecule has 0 spiro atoms. The highest BCUT2D eigenvalue weighted by molar-refractivity contribution is 7.89. The Bertz CT molecular complexity index is 592. The van der Waals surface area contributed by atoms with Gasteiger partial charge in [0.2, 0.25) is 15.9 Å². The Morgan fingerprint density at radius 2 is 1.62 bits per heavy atom. The summed E-state index contributed by atoms with van der Waals surface area (Å²) in [6, 6.07) is 0.566. The number of amides is 1. The second-order valence-electron chi connectivity index (χ2n) is 7.30. The van der Waals surface area contributed by atoms with Crippen molar-refractivity contribution >= 4 is 21.9 Å². The SMILES string of the molecule is CCS(=O)(=O)N1CCC(NC(=NCC(=O)N(C)C)NC2CCCC2)CC1. The average molecular weight is 388 g/mol. The van der Waals surface area contributed by atoms with E-state index in [2.05, 4.69) is 15.6 Å². The molecule has 1 aliphatic heterocycles. The summed E-state index contributed by atoms with van der Waals surface area (Å²) in [5, 5.41) is 6.86. The van der Waals surface area contributed by atoms with Crippen LogP contribution in [0.5, 0.6) is 0 Å². The van der Waals surface area contributed by atoms with E-state index in [1.807, 2.05) is 0 Å². The van der Waals surface area contributed by atoms with Crippen LogP contribution in [-0.4, -0.2) is 81.1 Å². The number of hydrogen-bond acceptors (Lipinski definition) is 4. The van der Waals surface area contributed by atoms with Gasteiger partial charge in [-0.3, -0.25) is 4.79 Å². The molecule has 0 bridgehead atoms. The van der Waals surface area contributed by atoms with E-state index in [1.54, 1.807) is 25.3 Å². The molecule has 0 unspecified atom stereocenters. The van der Waals surface area contributed by atoms with Crippen LogP contribution in [0.25, 0.3) is 0 Å². The minimum atomic E-state index is -3.11. The number of nitrogens with one attached hydrogen (secondary N) is 2. The molecule has 0 aromatic heterocycles. The maximum atomic E-state index is 12.0. The van der Waals surface area contributed by atoms with Gasteiger partial charge in [0.05, 0.1) is 5.75 Å². The molecule has 2 fully saturated rings. The van der Waals surface area contributed by atoms with Gasteiger partial charge in [0.1, 0.15) is 6.54 Å². The van der Waals surface area contributed by atoms with E-state index >= 15 is 0 Å². The lowest BCUT2D eigenvalue weighted by molar-refractivity contribution is -0.127. The zero-order chi connectivity index (χ0) is 19.2. The zero-order valence-electron chi connectivity index (χ0n) is 16.2. The fraction of sp³-hybridized carbons (Fsp3) is 0.882. The topological polar surface area (TPSA) is 94.1 Å². The number of sulfonamides is 1. The third-order valence-electron chi connectivity index (χ3n) is 5.12. The lowest BCUT2D eigenvalue weighted by Crippen LogP contribution is -2.51. The summed E-state index contributed by atoms with van der Waals surface area (Å²) in [5.41, 5.74) is 0. The highest BCUT2D eigenvalue weighted by Crippen LogP contribution is 2.18. The Morgan fingerprint density at radius 3 is 2.12 bits per heavy atom. The Labute approximate surface area is 157 Å². The fourth-order valence-electron chi connectivity index (χ4n) is 3.34. The van der Waals surface area contributed by atoms with Crippen LogP contribution in [0.4, 0.5) is 0 Å². The Morgan fingerprint density at radius 1 is 1.08 bits per heavy atom. The molecule has 26 heavy (non-hydrogen) atoms. The second-order valence-corrected chi connectivity index (χ2v) is 9.55. The second kappa shape index (κ2) is 9.55. The summed E-state index contributed by atoms with van der Waals surface area (Å²) in [6.45, 7) is 2.85. The zero-order valence-corrected chi connectivity index (χ0v) is 17.0. The molecule has 1 aliphatic carbocycles. The molecule has 1 saturated heterocycles. The van der Waals surface area contributed by atoms with Gasteiger partial charge in [-0.25, -0.2) is 17.7 Å². The molecule has 0 radical (unpaired) electrons. The number of rotatable bonds is 6. The standard InChI is InChI=1S/C17H33N5O3S/c1-4-26(24,25)22-11-9-15(10-12-22)20-17(18-13-16(23)21(2)3)19-14-7-5-6-8-14/h14-15H,4-13H2,1-3H3,(H2,18,19,20). The average Bonchev–Trinajstić information content (AvgIpc) is 3.12. The van der Waals surface area contributed by atoms with Crippen LogP contribution in [0.1, 0.15) is 45.4 Å². The predicted molar refractivity (Wildman–Crippen MR) is 104 cm³/mol. The molecule has 0 atom stereocenters. The molecular weight excluding hydrogens is 354 g/mol. The lowest BCUT2D eigenvalue weighted by atomic mass is 10.1. The number of hydrogen-bond donors (Lipinski definition) is 2. The molecule has 0 aromatic rings. The van der Waals surface area contributed by atoms with E-state index in [9.17, 15) is 13.2 Å². The number of piperidine rings is 1. The minimum Gasteiger partial charge on any atom is -0.354 e. The van der Waals surface area contributed by atoms with Crippen LogP contribution in [0, 0.1) is 0 Å². The van der Waals surface area contributed by atoms with Gasteiger partial charge in [-0.15, -0.1) is 0 Å². The van der Waals surface area contributed by atoms with Crippen molar-refractivity contribution in [2.24, 2.45) is 4.99 Å². The van der Waals surface area contributed by atoms with Gasteiger partial charge in [-0.2, -0.15) is 0 Å². The minimum absolute atomic E-state index is 0.0404. The van der Waals surface area contributed by atoms with Gasteiger partial charge in [0.15, 0.2) is 5.96 Å². The summed E-state index contributed by atoms with van der Waals surface area (Å²) in [4.78, 5) is 17.8. The van der Waals surface area contributed by atoms with Crippen molar-refractivity contribution in [1.82, 2.24) is 19.8 Å². The van der Waals surface area contributed by atoms with Gasteiger partial charge in [0, 0.05) is 39.3 Å². The number of likely N-dealkylation sites (N-methyl/N-ethyl adjacent to an activating group) is 1. The van der Waals surface area contributed by atoms with E-state index in [-0.39, 0.29) is 24.2 Å². The molecule has 1 heterocycles. The predicted octanol–water partition coefficient (Wildman–Crippen LogP) is 0.367. The molecule has 9 heteroatoms. The first-order valence-corrected chi connectivity index (χ1v) is 11.2. The first kappa shape index (κ1) is 21.0. The van der Waals surface area contributed by atoms with E-state index in [1.165, 1.54) is 17.7 Å². The Kier molecular flexibility index (Phi) is 7.69. The molecule has 8 nitrogen and oxygen atoms in total. The number of carbonyl (C=O) groups excluding carboxylic acids is 1. The molecule has 1 saturated carbocycles. The normalized spacial score (nSPS) is 21.0. The van der Waals surface area contributed by atoms with Gasteiger partial charge >= 0.3 is 0 Å². The molecule has 2 aliphatic rings. The van der Waals surface area contributed by atoms with Crippen molar-refractivity contribution in [3.05, 3.63) is 0 Å². The fourth-order valence-corrected chi connectivity index (χ4v) is 4.47. The van der Waals surface area contributed by atoms with E-state index < -0.39 is 10.0 Å². The third-order valence-corrected chi connectivity index (χ3v) is 7.00. The van der Waals surface area contributed by atoms with Crippen molar-refractivity contribution in [3.63, 3.8) is 0 Å². The quantitative estimate of drug-likeness (QED) is 0.507. The maximum absolute atomic E-state index is 12.0. The lowest BCUT2D eigenvalue weighted by Gasteiger charge is -2.32. The first-order chi connectivity index (χ1) is 12.3. The van der Waals surface area contributed by atoms with Crippen LogP contribution >= 0.6 is 0 Å². The highest BCUT2D eigenvalue weighted by atomic mass is 32.2. The molecule has 1 amide bonds. The number of nitrogens with zero attached hydrogens (tertiary/aromatic N) is 3. The molecular formula is C17H33N5O3S. The first-order valence-electron chi connectivity index (χ1n) is 9.57. The summed E-state index contributed by atoms with van der Waals surface area (Å²) in [6.07, 6.45) is 6.16. The van der Waals surface area contributed by atoms with Crippen LogP contribution in [-0.2, 0) is 14.8 Å². The van der Waals surface area contributed by atoms with Crippen LogP contribution in [0.15, 0.2) is 4.99 Å². The molecule has 2 rings (SSSR count). The van der Waals surface area contributed by atoms with Crippen molar-refractivity contribution in [1.29, 1.82) is 0 Å². The van der Waals surface area contributed by atoms with Gasteiger partial charge in [0.25, 0.3) is 0 Å². The van der Waals surface area contributed by atoms with Crippen molar-refractivity contribution < 1.29 is 13.2 Å². The number of carbonyl (C=O) groups is 1. The van der Waals surface area contributed by atoms with E-state index in [0.29, 0.717) is 25.1 Å².